The molecule has 2 atom stereocenters. The average Bonchev–Trinajstić information content (AvgIpc) is 3.01. The van der Waals surface area contributed by atoms with Gasteiger partial charge in [0, 0.05) is 37.0 Å². The topological polar surface area (TPSA) is 75.6 Å². The molecule has 0 saturated carbocycles. The number of hydrazone groups is 1. The number of urea groups is 1. The summed E-state index contributed by atoms with van der Waals surface area (Å²) in [4.78, 5) is 14.8. The van der Waals surface area contributed by atoms with Crippen molar-refractivity contribution < 1.29 is 19.0 Å². The van der Waals surface area contributed by atoms with Crippen molar-refractivity contribution in [2.24, 2.45) is 5.10 Å². The second kappa shape index (κ2) is 9.70. The summed E-state index contributed by atoms with van der Waals surface area (Å²) in [7, 11) is 4.85. The second-order valence-corrected chi connectivity index (χ2v) is 8.45. The number of morpholine rings is 1. The standard InChI is InChI=1S/C25H32N4O4/c1-16-14-28(15-17(2)33-16)20-8-6-18(7-9-20)24-21-13-23(32-5)22(31-4)12-19(21)10-11-29(27-24)25(30)26-3/h6-9,12-13,16-17H,10-11,14-15H2,1-5H3,(H,26,30). The van der Waals surface area contributed by atoms with E-state index >= 15 is 0 Å². The number of hydrogen-bond acceptors (Lipinski definition) is 6. The van der Waals surface area contributed by atoms with Crippen molar-refractivity contribution in [2.45, 2.75) is 32.5 Å². The Balaban J connectivity index is 1.74. The van der Waals surface area contributed by atoms with Crippen LogP contribution in [0.4, 0.5) is 10.5 Å². The van der Waals surface area contributed by atoms with Gasteiger partial charge >= 0.3 is 6.03 Å². The first-order chi connectivity index (χ1) is 15.9. The Morgan fingerprint density at radius 3 is 2.30 bits per heavy atom. The summed E-state index contributed by atoms with van der Waals surface area (Å²) in [5, 5.41) is 8.92. The summed E-state index contributed by atoms with van der Waals surface area (Å²) in [6, 6.07) is 12.0. The van der Waals surface area contributed by atoms with Gasteiger partial charge in [-0.2, -0.15) is 5.10 Å². The lowest BCUT2D eigenvalue weighted by Gasteiger charge is -2.36. The van der Waals surface area contributed by atoms with E-state index in [9.17, 15) is 4.79 Å². The van der Waals surface area contributed by atoms with Crippen LogP contribution < -0.4 is 19.7 Å². The second-order valence-electron chi connectivity index (χ2n) is 8.45. The number of nitrogens with zero attached hydrogens (tertiary/aromatic N) is 3. The molecule has 2 aliphatic heterocycles. The Labute approximate surface area is 195 Å². The lowest BCUT2D eigenvalue weighted by molar-refractivity contribution is -0.00521. The predicted molar refractivity (Wildman–Crippen MR) is 129 cm³/mol. The highest BCUT2D eigenvalue weighted by Gasteiger charge is 2.25. The average molecular weight is 453 g/mol. The largest absolute Gasteiger partial charge is 0.493 e. The number of amides is 2. The molecular weight excluding hydrogens is 420 g/mol. The van der Waals surface area contributed by atoms with Crippen LogP contribution in [-0.2, 0) is 11.2 Å². The number of anilines is 1. The minimum Gasteiger partial charge on any atom is -0.493 e. The molecule has 2 aliphatic rings. The Morgan fingerprint density at radius 1 is 1.06 bits per heavy atom. The van der Waals surface area contributed by atoms with Gasteiger partial charge in [-0.25, -0.2) is 9.80 Å². The monoisotopic (exact) mass is 452 g/mol. The Hall–Kier alpha value is -3.26. The van der Waals surface area contributed by atoms with Crippen LogP contribution >= 0.6 is 0 Å². The zero-order valence-electron chi connectivity index (χ0n) is 19.9. The number of nitrogens with one attached hydrogen (secondary N) is 1. The summed E-state index contributed by atoms with van der Waals surface area (Å²) < 4.78 is 16.9. The van der Waals surface area contributed by atoms with Gasteiger partial charge in [0.1, 0.15) is 0 Å². The van der Waals surface area contributed by atoms with E-state index in [0.29, 0.717) is 24.5 Å². The van der Waals surface area contributed by atoms with Crippen LogP contribution in [0.25, 0.3) is 0 Å². The minimum atomic E-state index is -0.243. The molecule has 0 aromatic heterocycles. The number of fused-ring (bicyclic) bond motifs is 1. The molecule has 1 saturated heterocycles. The lowest BCUT2D eigenvalue weighted by atomic mass is 9.95. The Morgan fingerprint density at radius 2 is 1.70 bits per heavy atom. The first-order valence-corrected chi connectivity index (χ1v) is 11.3. The molecule has 0 bridgehead atoms. The van der Waals surface area contributed by atoms with Crippen molar-refractivity contribution in [1.29, 1.82) is 0 Å². The Bertz CT molecular complexity index is 1030. The molecule has 2 heterocycles. The van der Waals surface area contributed by atoms with Gasteiger partial charge in [-0.3, -0.25) is 0 Å². The normalized spacial score (nSPS) is 20.5. The van der Waals surface area contributed by atoms with E-state index in [2.05, 4.69) is 48.3 Å². The van der Waals surface area contributed by atoms with Crippen LogP contribution in [0.15, 0.2) is 41.5 Å². The van der Waals surface area contributed by atoms with E-state index in [1.165, 1.54) is 5.01 Å². The van der Waals surface area contributed by atoms with Gasteiger partial charge in [0.05, 0.1) is 38.7 Å². The molecule has 2 unspecified atom stereocenters. The highest BCUT2D eigenvalue weighted by molar-refractivity contribution is 6.14. The van der Waals surface area contributed by atoms with Crippen LogP contribution in [0.5, 0.6) is 11.5 Å². The van der Waals surface area contributed by atoms with Gasteiger partial charge in [0.15, 0.2) is 11.5 Å². The van der Waals surface area contributed by atoms with Gasteiger partial charge in [-0.15, -0.1) is 0 Å². The number of rotatable bonds is 4. The van der Waals surface area contributed by atoms with Crippen molar-refractivity contribution >= 4 is 17.4 Å². The summed E-state index contributed by atoms with van der Waals surface area (Å²) in [6.07, 6.45) is 1.03. The minimum absolute atomic E-state index is 0.190. The van der Waals surface area contributed by atoms with Gasteiger partial charge in [-0.1, -0.05) is 12.1 Å². The molecule has 0 spiro atoms. The molecule has 176 valence electrons. The van der Waals surface area contributed by atoms with Gasteiger partial charge in [0.25, 0.3) is 0 Å². The van der Waals surface area contributed by atoms with E-state index in [1.54, 1.807) is 21.3 Å². The third-order valence-electron chi connectivity index (χ3n) is 6.05. The molecule has 0 radical (unpaired) electrons. The third-order valence-corrected chi connectivity index (χ3v) is 6.05. The SMILES string of the molecule is CNC(=O)N1CCc2cc(OC)c(OC)cc2C(c2ccc(N3CC(C)OC(C)C3)cc2)=N1. The molecule has 2 aromatic carbocycles. The molecule has 1 fully saturated rings. The molecule has 33 heavy (non-hydrogen) atoms. The predicted octanol–water partition coefficient (Wildman–Crippen LogP) is 3.27. The third kappa shape index (κ3) is 4.75. The van der Waals surface area contributed by atoms with Crippen LogP contribution in [0.1, 0.15) is 30.5 Å². The molecular formula is C25H32N4O4. The van der Waals surface area contributed by atoms with Crippen LogP contribution in [0.3, 0.4) is 0 Å². The van der Waals surface area contributed by atoms with E-state index in [-0.39, 0.29) is 18.2 Å². The van der Waals surface area contributed by atoms with Gasteiger partial charge < -0.3 is 24.4 Å². The number of ether oxygens (including phenoxy) is 3. The van der Waals surface area contributed by atoms with E-state index in [0.717, 1.165) is 41.2 Å². The highest BCUT2D eigenvalue weighted by Crippen LogP contribution is 2.34. The van der Waals surface area contributed by atoms with Crippen molar-refractivity contribution in [1.82, 2.24) is 10.3 Å². The molecule has 4 rings (SSSR count). The molecule has 8 heteroatoms. The lowest BCUT2D eigenvalue weighted by Crippen LogP contribution is -2.45. The van der Waals surface area contributed by atoms with Crippen LogP contribution in [-0.4, -0.2) is 69.9 Å². The zero-order valence-corrected chi connectivity index (χ0v) is 19.9. The molecule has 2 aromatic rings. The summed E-state index contributed by atoms with van der Waals surface area (Å²) in [6.45, 7) is 6.38. The fourth-order valence-corrected chi connectivity index (χ4v) is 4.51. The maximum Gasteiger partial charge on any atom is 0.337 e. The quantitative estimate of drug-likeness (QED) is 0.771. The van der Waals surface area contributed by atoms with E-state index in [1.807, 2.05) is 12.1 Å². The highest BCUT2D eigenvalue weighted by atomic mass is 16.5. The smallest absolute Gasteiger partial charge is 0.337 e. The van der Waals surface area contributed by atoms with Crippen molar-refractivity contribution in [3.05, 3.63) is 53.1 Å². The van der Waals surface area contributed by atoms with Crippen molar-refractivity contribution in [3.63, 3.8) is 0 Å². The van der Waals surface area contributed by atoms with Gasteiger partial charge in [-0.05, 0) is 50.1 Å². The number of carbonyl (C=O) groups excluding carboxylic acids is 1. The van der Waals surface area contributed by atoms with Crippen molar-refractivity contribution in [2.75, 3.05) is 45.8 Å². The first kappa shape index (κ1) is 22.9. The Kier molecular flexibility index (Phi) is 6.74. The van der Waals surface area contributed by atoms with Crippen molar-refractivity contribution in [3.8, 4) is 11.5 Å². The number of hydrogen-bond donors (Lipinski definition) is 1. The number of carbonyl (C=O) groups is 1. The van der Waals surface area contributed by atoms with Crippen LogP contribution in [0.2, 0.25) is 0 Å². The molecule has 0 aliphatic carbocycles. The first-order valence-electron chi connectivity index (χ1n) is 11.3. The van der Waals surface area contributed by atoms with Crippen LogP contribution in [0, 0.1) is 0 Å². The number of methoxy groups -OCH3 is 2. The maximum atomic E-state index is 12.5. The summed E-state index contributed by atoms with van der Waals surface area (Å²) >= 11 is 0. The fraction of sp³-hybridized carbons (Fsp3) is 0.440. The molecule has 1 N–H and O–H groups in total. The van der Waals surface area contributed by atoms with E-state index < -0.39 is 0 Å². The maximum absolute atomic E-state index is 12.5. The molecule has 2 amide bonds. The molecule has 8 nitrogen and oxygen atoms in total. The van der Waals surface area contributed by atoms with E-state index in [4.69, 9.17) is 19.3 Å². The fourth-order valence-electron chi connectivity index (χ4n) is 4.51. The summed E-state index contributed by atoms with van der Waals surface area (Å²) in [5.41, 5.74) is 4.78. The van der Waals surface area contributed by atoms with Gasteiger partial charge in [0.2, 0.25) is 0 Å². The number of benzene rings is 2. The summed E-state index contributed by atoms with van der Waals surface area (Å²) in [5.74, 6) is 1.29. The zero-order chi connectivity index (χ0) is 23.5.